The van der Waals surface area contributed by atoms with Crippen LogP contribution in [0.1, 0.15) is 18.5 Å². The zero-order valence-electron chi connectivity index (χ0n) is 21.1. The fourth-order valence-electron chi connectivity index (χ4n) is 3.49. The lowest BCUT2D eigenvalue weighted by molar-refractivity contribution is 0.0787. The monoisotopic (exact) mass is 505 g/mol. The molecule has 3 heterocycles. The summed E-state index contributed by atoms with van der Waals surface area (Å²) >= 11 is 0. The van der Waals surface area contributed by atoms with Gasteiger partial charge < -0.3 is 15.4 Å². The summed E-state index contributed by atoms with van der Waals surface area (Å²) in [5, 5.41) is 11.3. The molecule has 0 fully saturated rings. The Morgan fingerprint density at radius 3 is 2.53 bits per heavy atom. The van der Waals surface area contributed by atoms with E-state index in [-0.39, 0.29) is 11.9 Å². The Bertz CT molecular complexity index is 1260. The minimum absolute atomic E-state index is 0.0879. The molecule has 10 heteroatoms. The predicted octanol–water partition coefficient (Wildman–Crippen LogP) is 6.10. The second kappa shape index (κ2) is 11.4. The lowest BCUT2D eigenvalue weighted by atomic mass is 10.1. The molecule has 0 saturated carbocycles. The van der Waals surface area contributed by atoms with Crippen molar-refractivity contribution in [3.8, 4) is 11.3 Å². The molecule has 1 unspecified atom stereocenters. The first-order valence-electron chi connectivity index (χ1n) is 11.9. The fourth-order valence-corrected chi connectivity index (χ4v) is 4.25. The van der Waals surface area contributed by atoms with Crippen LogP contribution in [0.15, 0.2) is 67.3 Å². The third kappa shape index (κ3) is 7.43. The second-order valence-corrected chi connectivity index (χ2v) is 15.5. The van der Waals surface area contributed by atoms with Crippen LogP contribution in [0, 0.1) is 5.82 Å². The molecule has 0 radical (unpaired) electrons. The van der Waals surface area contributed by atoms with Gasteiger partial charge in [0.05, 0.1) is 11.9 Å². The summed E-state index contributed by atoms with van der Waals surface area (Å²) in [6, 6.07) is 13.3. The van der Waals surface area contributed by atoms with E-state index in [9.17, 15) is 4.39 Å². The second-order valence-electron chi connectivity index (χ2n) is 9.85. The summed E-state index contributed by atoms with van der Waals surface area (Å²) in [5.41, 5.74) is 2.63. The van der Waals surface area contributed by atoms with E-state index in [0.29, 0.717) is 24.2 Å². The minimum Gasteiger partial charge on any atom is -0.363 e. The van der Waals surface area contributed by atoms with E-state index >= 15 is 0 Å². The van der Waals surface area contributed by atoms with Crippen LogP contribution in [0.4, 0.5) is 21.8 Å². The van der Waals surface area contributed by atoms with Crippen LogP contribution in [0.25, 0.3) is 11.3 Å². The predicted molar refractivity (Wildman–Crippen MR) is 143 cm³/mol. The van der Waals surface area contributed by atoms with Gasteiger partial charge in [0, 0.05) is 44.9 Å². The van der Waals surface area contributed by atoms with Crippen LogP contribution < -0.4 is 10.6 Å². The Morgan fingerprint density at radius 2 is 1.81 bits per heavy atom. The minimum atomic E-state index is -1.13. The molecule has 4 aromatic rings. The smallest absolute Gasteiger partial charge is 0.150 e. The number of nitrogens with one attached hydrogen (secondary N) is 2. The van der Waals surface area contributed by atoms with E-state index < -0.39 is 8.07 Å². The highest BCUT2D eigenvalue weighted by molar-refractivity contribution is 6.76. The van der Waals surface area contributed by atoms with Crippen molar-refractivity contribution < 1.29 is 9.13 Å². The van der Waals surface area contributed by atoms with Gasteiger partial charge in [-0.25, -0.2) is 19.0 Å². The molecular formula is C26H32FN7OSi. The quantitative estimate of drug-likeness (QED) is 0.188. The van der Waals surface area contributed by atoms with Gasteiger partial charge in [0.25, 0.3) is 0 Å². The molecule has 4 rings (SSSR count). The van der Waals surface area contributed by atoms with Crippen molar-refractivity contribution in [2.75, 3.05) is 17.2 Å². The molecule has 0 bridgehead atoms. The zero-order chi connectivity index (χ0) is 25.5. The molecule has 1 atom stereocenters. The summed E-state index contributed by atoms with van der Waals surface area (Å²) in [4.78, 5) is 13.1. The Labute approximate surface area is 212 Å². The molecule has 0 saturated heterocycles. The lowest BCUT2D eigenvalue weighted by Gasteiger charge is -2.17. The fraction of sp³-hybridized carbons (Fsp3) is 0.308. The summed E-state index contributed by atoms with van der Waals surface area (Å²) in [7, 11) is -1.13. The average Bonchev–Trinajstić information content (AvgIpc) is 3.31. The maximum Gasteiger partial charge on any atom is 0.150 e. The number of aromatic nitrogens is 5. The van der Waals surface area contributed by atoms with Gasteiger partial charge in [0.1, 0.15) is 30.0 Å². The van der Waals surface area contributed by atoms with Gasteiger partial charge in [-0.05, 0) is 48.9 Å². The molecule has 0 aliphatic heterocycles. The third-order valence-electron chi connectivity index (χ3n) is 5.54. The SMILES string of the molecule is CC(Nc1cc(-c2ccn(COCC[Si](C)(C)C)n2)cc(Nc2cnccn2)n1)c1ccc(F)cc1. The van der Waals surface area contributed by atoms with Crippen LogP contribution in [-0.4, -0.2) is 39.4 Å². The molecule has 188 valence electrons. The van der Waals surface area contributed by atoms with Crippen molar-refractivity contribution in [3.63, 3.8) is 0 Å². The number of ether oxygens (including phenoxy) is 1. The van der Waals surface area contributed by atoms with Gasteiger partial charge in [-0.2, -0.15) is 5.10 Å². The molecule has 0 aliphatic rings. The van der Waals surface area contributed by atoms with E-state index in [1.165, 1.54) is 12.1 Å². The number of rotatable bonds is 11. The van der Waals surface area contributed by atoms with E-state index in [2.05, 4.69) is 40.2 Å². The van der Waals surface area contributed by atoms with Crippen molar-refractivity contribution in [2.45, 2.75) is 45.4 Å². The summed E-state index contributed by atoms with van der Waals surface area (Å²) < 4.78 is 21.0. The number of anilines is 3. The first-order valence-corrected chi connectivity index (χ1v) is 15.6. The highest BCUT2D eigenvalue weighted by Crippen LogP contribution is 2.27. The molecule has 8 nitrogen and oxygen atoms in total. The van der Waals surface area contributed by atoms with Gasteiger partial charge in [0.2, 0.25) is 0 Å². The van der Waals surface area contributed by atoms with Gasteiger partial charge in [-0.1, -0.05) is 31.8 Å². The van der Waals surface area contributed by atoms with Gasteiger partial charge in [-0.3, -0.25) is 4.98 Å². The van der Waals surface area contributed by atoms with E-state index in [4.69, 9.17) is 14.8 Å². The van der Waals surface area contributed by atoms with Crippen molar-refractivity contribution in [1.82, 2.24) is 24.7 Å². The molecule has 2 N–H and O–H groups in total. The largest absolute Gasteiger partial charge is 0.363 e. The first-order chi connectivity index (χ1) is 17.2. The van der Waals surface area contributed by atoms with Crippen LogP contribution in [0.2, 0.25) is 25.7 Å². The molecule has 3 aromatic heterocycles. The zero-order valence-corrected chi connectivity index (χ0v) is 22.1. The van der Waals surface area contributed by atoms with E-state index in [1.807, 2.05) is 31.3 Å². The van der Waals surface area contributed by atoms with Gasteiger partial charge in [0.15, 0.2) is 0 Å². The van der Waals surface area contributed by atoms with E-state index in [0.717, 1.165) is 29.5 Å². The van der Waals surface area contributed by atoms with Crippen molar-refractivity contribution in [3.05, 3.63) is 78.6 Å². The maximum atomic E-state index is 13.4. The summed E-state index contributed by atoms with van der Waals surface area (Å²) in [6.07, 6.45) is 6.78. The number of hydrogen-bond donors (Lipinski definition) is 2. The normalized spacial score (nSPS) is 12.4. The van der Waals surface area contributed by atoms with Crippen LogP contribution in [0.5, 0.6) is 0 Å². The Balaban J connectivity index is 1.54. The topological polar surface area (TPSA) is 89.8 Å². The van der Waals surface area contributed by atoms with Gasteiger partial charge >= 0.3 is 0 Å². The van der Waals surface area contributed by atoms with E-state index in [1.54, 1.807) is 35.4 Å². The highest BCUT2D eigenvalue weighted by atomic mass is 28.3. The third-order valence-corrected chi connectivity index (χ3v) is 7.24. The number of pyridine rings is 1. The molecule has 0 spiro atoms. The van der Waals surface area contributed by atoms with Crippen molar-refractivity contribution >= 4 is 25.5 Å². The Hall–Kier alpha value is -3.63. The Morgan fingerprint density at radius 1 is 1.03 bits per heavy atom. The first kappa shape index (κ1) is 25.5. The standard InChI is InChI=1S/C26H32FN7OSi/c1-19(20-5-7-22(27)8-6-20)30-24-15-21(16-25(31-24)32-26-17-28-10-11-29-26)23-9-12-34(33-23)18-35-13-14-36(2,3)4/h5-12,15-17,19H,13-14,18H2,1-4H3,(H2,29,30,31,32). The van der Waals surface area contributed by atoms with Crippen LogP contribution >= 0.6 is 0 Å². The number of nitrogens with zero attached hydrogens (tertiary/aromatic N) is 5. The molecule has 1 aromatic carbocycles. The molecule has 0 amide bonds. The maximum absolute atomic E-state index is 13.4. The number of hydrogen-bond acceptors (Lipinski definition) is 7. The van der Waals surface area contributed by atoms with Gasteiger partial charge in [-0.15, -0.1) is 0 Å². The number of benzene rings is 1. The average molecular weight is 506 g/mol. The summed E-state index contributed by atoms with van der Waals surface area (Å²) in [5.74, 6) is 1.57. The molecule has 36 heavy (non-hydrogen) atoms. The van der Waals surface area contributed by atoms with Crippen molar-refractivity contribution in [2.24, 2.45) is 0 Å². The highest BCUT2D eigenvalue weighted by Gasteiger charge is 2.14. The van der Waals surface area contributed by atoms with Crippen LogP contribution in [-0.2, 0) is 11.5 Å². The lowest BCUT2D eigenvalue weighted by Crippen LogP contribution is -2.22. The molecule has 0 aliphatic carbocycles. The Kier molecular flexibility index (Phi) is 8.06. The summed E-state index contributed by atoms with van der Waals surface area (Å²) in [6.45, 7) is 10.2. The number of halogens is 1. The van der Waals surface area contributed by atoms with Crippen LogP contribution in [0.3, 0.4) is 0 Å². The van der Waals surface area contributed by atoms with Crippen molar-refractivity contribution in [1.29, 1.82) is 0 Å². The molecular weight excluding hydrogens is 473 g/mol.